The maximum absolute atomic E-state index is 11.0. The first kappa shape index (κ1) is 14.9. The number of rotatable bonds is 6. The largest absolute Gasteiger partial charge is 0.494 e. The summed E-state index contributed by atoms with van der Waals surface area (Å²) in [5.41, 5.74) is 2.77. The Labute approximate surface area is 120 Å². The van der Waals surface area contributed by atoms with Crippen molar-refractivity contribution in [3.8, 4) is 5.75 Å². The van der Waals surface area contributed by atoms with Gasteiger partial charge in [0.05, 0.1) is 13.7 Å². The van der Waals surface area contributed by atoms with E-state index < -0.39 is 0 Å². The van der Waals surface area contributed by atoms with Crippen molar-refractivity contribution in [2.75, 3.05) is 20.8 Å². The first-order chi connectivity index (χ1) is 9.74. The molecular formula is C16H23NO3. The van der Waals surface area contributed by atoms with E-state index in [4.69, 9.17) is 4.74 Å². The highest BCUT2D eigenvalue weighted by atomic mass is 16.5. The van der Waals surface area contributed by atoms with E-state index in [0.717, 1.165) is 12.2 Å². The molecule has 0 amide bonds. The van der Waals surface area contributed by atoms with E-state index in [2.05, 4.69) is 22.2 Å². The summed E-state index contributed by atoms with van der Waals surface area (Å²) in [7, 11) is 3.41. The first-order valence-corrected chi connectivity index (χ1v) is 7.24. The van der Waals surface area contributed by atoms with Crippen molar-refractivity contribution in [1.82, 2.24) is 5.32 Å². The fraction of sp³-hybridized carbons (Fsp3) is 0.562. The second kappa shape index (κ2) is 7.29. The topological polar surface area (TPSA) is 47.6 Å². The third-order valence-electron chi connectivity index (χ3n) is 3.80. The third-order valence-corrected chi connectivity index (χ3v) is 3.80. The van der Waals surface area contributed by atoms with Gasteiger partial charge in [-0.15, -0.1) is 0 Å². The molecule has 0 radical (unpaired) electrons. The Bertz CT molecular complexity index is 459. The van der Waals surface area contributed by atoms with Crippen LogP contribution in [0.15, 0.2) is 18.2 Å². The van der Waals surface area contributed by atoms with Crippen LogP contribution in [0.5, 0.6) is 5.75 Å². The molecule has 1 N–H and O–H groups in total. The molecule has 20 heavy (non-hydrogen) atoms. The van der Waals surface area contributed by atoms with Crippen LogP contribution in [-0.2, 0) is 16.0 Å². The van der Waals surface area contributed by atoms with Gasteiger partial charge in [0.15, 0.2) is 0 Å². The molecule has 1 atom stereocenters. The molecule has 0 saturated carbocycles. The number of hydrogen-bond acceptors (Lipinski definition) is 4. The van der Waals surface area contributed by atoms with Crippen LogP contribution in [0.2, 0.25) is 0 Å². The Kier molecular flexibility index (Phi) is 5.41. The quantitative estimate of drug-likeness (QED) is 0.641. The predicted octanol–water partition coefficient (Wildman–Crippen LogP) is 2.62. The van der Waals surface area contributed by atoms with E-state index >= 15 is 0 Å². The van der Waals surface area contributed by atoms with Gasteiger partial charge in [0.1, 0.15) is 5.75 Å². The van der Waals surface area contributed by atoms with E-state index in [-0.39, 0.29) is 5.97 Å². The summed E-state index contributed by atoms with van der Waals surface area (Å²) in [6.45, 7) is 0.540. The molecule has 1 aliphatic carbocycles. The molecule has 4 nitrogen and oxygen atoms in total. The molecule has 0 aromatic heterocycles. The number of esters is 1. The van der Waals surface area contributed by atoms with E-state index in [9.17, 15) is 4.79 Å². The van der Waals surface area contributed by atoms with Crippen molar-refractivity contribution >= 4 is 5.97 Å². The van der Waals surface area contributed by atoms with Crippen LogP contribution in [-0.4, -0.2) is 26.7 Å². The molecule has 1 aromatic rings. The molecule has 1 aliphatic rings. The number of nitrogens with one attached hydrogen (secondary N) is 1. The normalized spacial score (nSPS) is 17.4. The summed E-state index contributed by atoms with van der Waals surface area (Å²) >= 11 is 0. The number of hydrogen-bond donors (Lipinski definition) is 1. The molecule has 4 heteroatoms. The Morgan fingerprint density at radius 3 is 3.05 bits per heavy atom. The van der Waals surface area contributed by atoms with Crippen molar-refractivity contribution < 1.29 is 14.3 Å². The maximum atomic E-state index is 11.0. The summed E-state index contributed by atoms with van der Waals surface area (Å²) in [5, 5.41) is 3.36. The standard InChI is InChI=1S/C16H23NO3/c1-17-15-6-3-5-12-8-9-13(11-14(12)15)20-10-4-7-16(18)19-2/h8-9,11,15,17H,3-7,10H2,1-2H3. The number of aryl methyl sites for hydroxylation is 1. The second-order valence-corrected chi connectivity index (χ2v) is 5.12. The lowest BCUT2D eigenvalue weighted by Crippen LogP contribution is -2.21. The zero-order valence-electron chi connectivity index (χ0n) is 12.3. The van der Waals surface area contributed by atoms with Gasteiger partial charge in [0, 0.05) is 12.5 Å². The summed E-state index contributed by atoms with van der Waals surface area (Å²) in [6.07, 6.45) is 4.64. The highest BCUT2D eigenvalue weighted by molar-refractivity contribution is 5.69. The highest BCUT2D eigenvalue weighted by Crippen LogP contribution is 2.32. The Balaban J connectivity index is 1.91. The molecule has 0 heterocycles. The molecule has 2 rings (SSSR count). The summed E-state index contributed by atoms with van der Waals surface area (Å²) in [5.74, 6) is 0.699. The summed E-state index contributed by atoms with van der Waals surface area (Å²) in [4.78, 5) is 11.0. The van der Waals surface area contributed by atoms with Gasteiger partial charge in [0.25, 0.3) is 0 Å². The molecule has 0 bridgehead atoms. The SMILES string of the molecule is CNC1CCCc2ccc(OCCCC(=O)OC)cc21. The minimum Gasteiger partial charge on any atom is -0.494 e. The number of ether oxygens (including phenoxy) is 2. The molecule has 0 fully saturated rings. The number of methoxy groups -OCH3 is 1. The van der Waals surface area contributed by atoms with Crippen LogP contribution in [0.3, 0.4) is 0 Å². The van der Waals surface area contributed by atoms with Crippen molar-refractivity contribution in [3.63, 3.8) is 0 Å². The van der Waals surface area contributed by atoms with Crippen LogP contribution >= 0.6 is 0 Å². The van der Waals surface area contributed by atoms with Gasteiger partial charge in [-0.05, 0) is 56.0 Å². The number of carbonyl (C=O) groups is 1. The summed E-state index contributed by atoms with van der Waals surface area (Å²) in [6, 6.07) is 6.74. The third kappa shape index (κ3) is 3.73. The zero-order chi connectivity index (χ0) is 14.4. The molecule has 1 aromatic carbocycles. The lowest BCUT2D eigenvalue weighted by atomic mass is 9.87. The monoisotopic (exact) mass is 277 g/mol. The van der Waals surface area contributed by atoms with Crippen molar-refractivity contribution in [2.24, 2.45) is 0 Å². The minimum atomic E-state index is -0.186. The van der Waals surface area contributed by atoms with E-state index in [1.54, 1.807) is 0 Å². The van der Waals surface area contributed by atoms with Gasteiger partial charge in [0.2, 0.25) is 0 Å². The maximum Gasteiger partial charge on any atom is 0.305 e. The Morgan fingerprint density at radius 2 is 2.30 bits per heavy atom. The van der Waals surface area contributed by atoms with Crippen LogP contribution in [0.4, 0.5) is 0 Å². The Hall–Kier alpha value is -1.55. The van der Waals surface area contributed by atoms with Gasteiger partial charge < -0.3 is 14.8 Å². The van der Waals surface area contributed by atoms with Gasteiger partial charge in [-0.25, -0.2) is 0 Å². The van der Waals surface area contributed by atoms with Crippen molar-refractivity contribution in [3.05, 3.63) is 29.3 Å². The van der Waals surface area contributed by atoms with Crippen LogP contribution in [0.25, 0.3) is 0 Å². The molecule has 0 spiro atoms. The van der Waals surface area contributed by atoms with E-state index in [1.807, 2.05) is 13.1 Å². The van der Waals surface area contributed by atoms with Crippen LogP contribution < -0.4 is 10.1 Å². The predicted molar refractivity (Wildman–Crippen MR) is 77.9 cm³/mol. The highest BCUT2D eigenvalue weighted by Gasteiger charge is 2.19. The smallest absolute Gasteiger partial charge is 0.305 e. The molecule has 0 aliphatic heterocycles. The first-order valence-electron chi connectivity index (χ1n) is 7.24. The van der Waals surface area contributed by atoms with Crippen LogP contribution in [0.1, 0.15) is 42.9 Å². The van der Waals surface area contributed by atoms with E-state index in [0.29, 0.717) is 25.5 Å². The van der Waals surface area contributed by atoms with Crippen LogP contribution in [0, 0.1) is 0 Å². The van der Waals surface area contributed by atoms with Gasteiger partial charge >= 0.3 is 5.97 Å². The molecule has 0 saturated heterocycles. The average Bonchev–Trinajstić information content (AvgIpc) is 2.50. The van der Waals surface area contributed by atoms with Gasteiger partial charge in [-0.2, -0.15) is 0 Å². The van der Waals surface area contributed by atoms with Gasteiger partial charge in [-0.1, -0.05) is 6.07 Å². The lowest BCUT2D eigenvalue weighted by molar-refractivity contribution is -0.140. The van der Waals surface area contributed by atoms with Crippen molar-refractivity contribution in [1.29, 1.82) is 0 Å². The minimum absolute atomic E-state index is 0.186. The zero-order valence-corrected chi connectivity index (χ0v) is 12.3. The lowest BCUT2D eigenvalue weighted by Gasteiger charge is -2.25. The fourth-order valence-corrected chi connectivity index (χ4v) is 2.68. The second-order valence-electron chi connectivity index (χ2n) is 5.12. The molecule has 110 valence electrons. The molecule has 1 unspecified atom stereocenters. The number of benzene rings is 1. The summed E-state index contributed by atoms with van der Waals surface area (Å²) < 4.78 is 10.3. The van der Waals surface area contributed by atoms with Crippen molar-refractivity contribution in [2.45, 2.75) is 38.1 Å². The number of carbonyl (C=O) groups excluding carboxylic acids is 1. The van der Waals surface area contributed by atoms with Gasteiger partial charge in [-0.3, -0.25) is 4.79 Å². The number of fused-ring (bicyclic) bond motifs is 1. The fourth-order valence-electron chi connectivity index (χ4n) is 2.68. The average molecular weight is 277 g/mol. The Morgan fingerprint density at radius 1 is 1.45 bits per heavy atom. The van der Waals surface area contributed by atoms with E-state index in [1.165, 1.54) is 31.1 Å². The molecular weight excluding hydrogens is 254 g/mol.